The second-order valence-electron chi connectivity index (χ2n) is 10.4. The highest BCUT2D eigenvalue weighted by Gasteiger charge is 2.20. The molecule has 9 rings (SSSR count). The van der Waals surface area contributed by atoms with Crippen LogP contribution in [0.5, 0.6) is 0 Å². The summed E-state index contributed by atoms with van der Waals surface area (Å²) >= 11 is 1.84. The summed E-state index contributed by atoms with van der Waals surface area (Å²) in [5, 5.41) is 16.5. The number of nitriles is 1. The summed E-state index contributed by atoms with van der Waals surface area (Å²) in [5.74, 6) is 0. The van der Waals surface area contributed by atoms with Crippen molar-refractivity contribution in [1.82, 2.24) is 4.57 Å². The Morgan fingerprint density at radius 2 is 1.29 bits per heavy atom. The molecule has 0 saturated heterocycles. The molecule has 0 saturated carbocycles. The minimum Gasteiger partial charge on any atom is -0.454 e. The number of furan rings is 1. The summed E-state index contributed by atoms with van der Waals surface area (Å²) < 4.78 is 11.6. The van der Waals surface area contributed by atoms with Crippen LogP contribution in [-0.4, -0.2) is 4.57 Å². The van der Waals surface area contributed by atoms with E-state index in [4.69, 9.17) is 4.42 Å². The second kappa shape index (κ2) is 8.32. The average molecular weight is 541 g/mol. The van der Waals surface area contributed by atoms with E-state index in [1.54, 1.807) is 0 Å². The van der Waals surface area contributed by atoms with E-state index in [-0.39, 0.29) is 0 Å². The Morgan fingerprint density at radius 3 is 2.20 bits per heavy atom. The zero-order valence-corrected chi connectivity index (χ0v) is 22.6. The van der Waals surface area contributed by atoms with Crippen LogP contribution < -0.4 is 0 Å². The number of aromatic nitrogens is 1. The molecule has 0 atom stereocenters. The monoisotopic (exact) mass is 540 g/mol. The summed E-state index contributed by atoms with van der Waals surface area (Å²) in [4.78, 5) is 0. The molecule has 0 fully saturated rings. The van der Waals surface area contributed by atoms with Crippen LogP contribution in [0.3, 0.4) is 0 Å². The molecular formula is C37H20N2OS. The molecule has 0 amide bonds. The smallest absolute Gasteiger partial charge is 0.159 e. The van der Waals surface area contributed by atoms with Crippen molar-refractivity contribution in [1.29, 1.82) is 5.26 Å². The Kier molecular flexibility index (Phi) is 4.55. The van der Waals surface area contributed by atoms with Gasteiger partial charge in [0.05, 0.1) is 28.4 Å². The summed E-state index contributed by atoms with van der Waals surface area (Å²) in [6, 6.07) is 44.7. The molecule has 0 unspecified atom stereocenters. The highest BCUT2D eigenvalue weighted by atomic mass is 32.1. The first-order valence-corrected chi connectivity index (χ1v) is 14.4. The van der Waals surface area contributed by atoms with Crippen molar-refractivity contribution in [2.45, 2.75) is 0 Å². The molecule has 0 bridgehead atoms. The maximum Gasteiger partial charge on any atom is 0.159 e. The van der Waals surface area contributed by atoms with Crippen molar-refractivity contribution in [3.63, 3.8) is 0 Å². The van der Waals surface area contributed by atoms with Crippen LogP contribution in [0, 0.1) is 11.3 Å². The highest BCUT2D eigenvalue weighted by molar-refractivity contribution is 7.25. The van der Waals surface area contributed by atoms with Gasteiger partial charge in [0.15, 0.2) is 5.58 Å². The van der Waals surface area contributed by atoms with E-state index < -0.39 is 0 Å². The van der Waals surface area contributed by atoms with E-state index in [0.717, 1.165) is 49.4 Å². The number of fused-ring (bicyclic) bond motifs is 9. The van der Waals surface area contributed by atoms with Crippen LogP contribution in [0.15, 0.2) is 126 Å². The molecule has 0 aliphatic carbocycles. The van der Waals surface area contributed by atoms with Crippen LogP contribution in [0.1, 0.15) is 5.56 Å². The molecule has 190 valence electrons. The maximum absolute atomic E-state index is 9.57. The quantitative estimate of drug-likeness (QED) is 0.219. The minimum absolute atomic E-state index is 0.655. The number of para-hydroxylation sites is 2. The normalized spacial score (nSPS) is 11.9. The number of nitrogens with zero attached hydrogens (tertiary/aromatic N) is 2. The Morgan fingerprint density at radius 1 is 0.585 bits per heavy atom. The Balaban J connectivity index is 1.38. The molecule has 3 nitrogen and oxygen atoms in total. The fourth-order valence-corrected chi connectivity index (χ4v) is 7.67. The van der Waals surface area contributed by atoms with Gasteiger partial charge in [0.2, 0.25) is 0 Å². The van der Waals surface area contributed by atoms with Crippen LogP contribution in [-0.2, 0) is 0 Å². The fourth-order valence-electron chi connectivity index (χ4n) is 6.53. The van der Waals surface area contributed by atoms with Gasteiger partial charge in [-0.3, -0.25) is 0 Å². The molecule has 4 heteroatoms. The topological polar surface area (TPSA) is 41.9 Å². The molecule has 0 aliphatic heterocycles. The minimum atomic E-state index is 0.655. The lowest BCUT2D eigenvalue weighted by Crippen LogP contribution is -1.94. The van der Waals surface area contributed by atoms with Crippen LogP contribution in [0.2, 0.25) is 0 Å². The third-order valence-electron chi connectivity index (χ3n) is 8.24. The largest absolute Gasteiger partial charge is 0.454 e. The number of hydrogen-bond donors (Lipinski definition) is 0. The zero-order valence-electron chi connectivity index (χ0n) is 21.8. The highest BCUT2D eigenvalue weighted by Crippen LogP contribution is 2.45. The molecule has 6 aromatic carbocycles. The predicted molar refractivity (Wildman–Crippen MR) is 171 cm³/mol. The Bertz CT molecular complexity index is 2560. The van der Waals surface area contributed by atoms with Crippen molar-refractivity contribution in [2.24, 2.45) is 0 Å². The molecule has 0 spiro atoms. The van der Waals surface area contributed by atoms with Gasteiger partial charge in [-0.25, -0.2) is 0 Å². The van der Waals surface area contributed by atoms with Gasteiger partial charge < -0.3 is 8.98 Å². The zero-order chi connectivity index (χ0) is 27.1. The third-order valence-corrected chi connectivity index (χ3v) is 9.37. The average Bonchev–Trinajstić information content (AvgIpc) is 3.70. The number of hydrogen-bond acceptors (Lipinski definition) is 3. The van der Waals surface area contributed by atoms with E-state index in [1.807, 2.05) is 35.6 Å². The molecule has 0 radical (unpaired) electrons. The van der Waals surface area contributed by atoms with Crippen LogP contribution in [0.25, 0.3) is 80.7 Å². The lowest BCUT2D eigenvalue weighted by Gasteiger charge is -2.09. The van der Waals surface area contributed by atoms with E-state index in [2.05, 4.69) is 108 Å². The lowest BCUT2D eigenvalue weighted by molar-refractivity contribution is 0.666. The van der Waals surface area contributed by atoms with Gasteiger partial charge in [0, 0.05) is 41.7 Å². The van der Waals surface area contributed by atoms with Gasteiger partial charge in [-0.1, -0.05) is 72.8 Å². The van der Waals surface area contributed by atoms with E-state index in [9.17, 15) is 5.26 Å². The third kappa shape index (κ3) is 3.07. The molecule has 9 aromatic rings. The van der Waals surface area contributed by atoms with Crippen LogP contribution >= 0.6 is 11.3 Å². The first kappa shape index (κ1) is 22.4. The second-order valence-corrected chi connectivity index (χ2v) is 11.5. The van der Waals surface area contributed by atoms with Crippen molar-refractivity contribution in [3.05, 3.63) is 127 Å². The SMILES string of the molecule is N#Cc1ccc2c(c1)c1ccccc1n2-c1cccc2c1oc1cccc(-c3cccc4sc5ccccc5c34)c12. The van der Waals surface area contributed by atoms with Crippen molar-refractivity contribution < 1.29 is 4.42 Å². The maximum atomic E-state index is 9.57. The van der Waals surface area contributed by atoms with Crippen molar-refractivity contribution in [3.8, 4) is 22.9 Å². The molecule has 0 N–H and O–H groups in total. The molecule has 41 heavy (non-hydrogen) atoms. The first-order valence-electron chi connectivity index (χ1n) is 13.6. The van der Waals surface area contributed by atoms with Gasteiger partial charge in [0.1, 0.15) is 5.58 Å². The lowest BCUT2D eigenvalue weighted by atomic mass is 9.95. The Labute approximate surface area is 238 Å². The van der Waals surface area contributed by atoms with Gasteiger partial charge in [-0.2, -0.15) is 5.26 Å². The number of benzene rings is 6. The summed E-state index contributed by atoms with van der Waals surface area (Å²) in [6.45, 7) is 0. The van der Waals surface area contributed by atoms with E-state index in [0.29, 0.717) is 5.56 Å². The van der Waals surface area contributed by atoms with Gasteiger partial charge in [-0.15, -0.1) is 11.3 Å². The summed E-state index contributed by atoms with van der Waals surface area (Å²) in [7, 11) is 0. The van der Waals surface area contributed by atoms with Gasteiger partial charge >= 0.3 is 0 Å². The number of rotatable bonds is 2. The van der Waals surface area contributed by atoms with Crippen molar-refractivity contribution >= 4 is 75.3 Å². The molecule has 3 aromatic heterocycles. The van der Waals surface area contributed by atoms with Gasteiger partial charge in [0.25, 0.3) is 0 Å². The van der Waals surface area contributed by atoms with Crippen LogP contribution in [0.4, 0.5) is 0 Å². The molecule has 3 heterocycles. The summed E-state index contributed by atoms with van der Waals surface area (Å²) in [6.07, 6.45) is 0. The van der Waals surface area contributed by atoms with E-state index >= 15 is 0 Å². The molecule has 0 aliphatic rings. The van der Waals surface area contributed by atoms with Crippen molar-refractivity contribution in [2.75, 3.05) is 0 Å². The molecular weight excluding hydrogens is 520 g/mol. The standard InChI is InChI=1S/C37H20N2OS/c38-21-22-18-19-30-28(20-22)23-8-1-3-13-29(23)39(30)31-14-5-12-27-35-24(10-6-15-32(35)40-37(27)31)25-11-7-17-34-36(25)26-9-2-4-16-33(26)41-34/h1-20H. The summed E-state index contributed by atoms with van der Waals surface area (Å²) in [5.41, 5.74) is 7.89. The van der Waals surface area contributed by atoms with E-state index in [1.165, 1.54) is 31.3 Å². The Hall–Kier alpha value is -5.37. The first-order chi connectivity index (χ1) is 20.3. The van der Waals surface area contributed by atoms with Gasteiger partial charge in [-0.05, 0) is 59.7 Å². The predicted octanol–water partition coefficient (Wildman–Crippen LogP) is 10.6. The fraction of sp³-hybridized carbons (Fsp3) is 0. The number of thiophene rings is 1.